The topological polar surface area (TPSA) is 32.3 Å². The lowest BCUT2D eigenvalue weighted by atomic mass is 9.84. The van der Waals surface area contributed by atoms with E-state index in [4.69, 9.17) is 0 Å². The van der Waals surface area contributed by atoms with E-state index in [0.29, 0.717) is 12.1 Å². The number of aliphatic hydroxyl groups excluding tert-OH is 1. The molecular weight excluding hydrogens is 186 g/mol. The number of hydrogen-bond donors (Lipinski definition) is 2. The highest BCUT2D eigenvalue weighted by molar-refractivity contribution is 4.87. The lowest BCUT2D eigenvalue weighted by Crippen LogP contribution is -2.50. The van der Waals surface area contributed by atoms with Gasteiger partial charge in [-0.2, -0.15) is 0 Å². The summed E-state index contributed by atoms with van der Waals surface area (Å²) in [5, 5.41) is 13.6. The van der Waals surface area contributed by atoms with Crippen LogP contribution >= 0.6 is 0 Å². The predicted molar refractivity (Wildman–Crippen MR) is 62.8 cm³/mol. The highest BCUT2D eigenvalue weighted by Crippen LogP contribution is 2.26. The van der Waals surface area contributed by atoms with Crippen LogP contribution in [0.1, 0.15) is 58.3 Å². The molecule has 0 unspecified atom stereocenters. The maximum atomic E-state index is 9.92. The van der Waals surface area contributed by atoms with Crippen molar-refractivity contribution in [2.75, 3.05) is 0 Å². The van der Waals surface area contributed by atoms with Crippen LogP contribution < -0.4 is 5.32 Å². The first kappa shape index (κ1) is 11.4. The number of hydrogen-bond acceptors (Lipinski definition) is 2. The van der Waals surface area contributed by atoms with Crippen molar-refractivity contribution in [3.8, 4) is 0 Å². The minimum atomic E-state index is -0.0899. The van der Waals surface area contributed by atoms with Crippen LogP contribution in [0.5, 0.6) is 0 Å². The molecule has 0 bridgehead atoms. The van der Waals surface area contributed by atoms with Crippen molar-refractivity contribution in [1.29, 1.82) is 0 Å². The van der Waals surface area contributed by atoms with Gasteiger partial charge in [0.1, 0.15) is 0 Å². The lowest BCUT2D eigenvalue weighted by molar-refractivity contribution is 0.0758. The third kappa shape index (κ3) is 2.94. The monoisotopic (exact) mass is 211 g/mol. The van der Waals surface area contributed by atoms with E-state index in [0.717, 1.165) is 12.3 Å². The summed E-state index contributed by atoms with van der Waals surface area (Å²) in [4.78, 5) is 0. The van der Waals surface area contributed by atoms with Gasteiger partial charge in [-0.15, -0.1) is 0 Å². The van der Waals surface area contributed by atoms with E-state index in [1.165, 1.54) is 44.9 Å². The molecule has 0 aromatic rings. The molecule has 0 radical (unpaired) electrons. The van der Waals surface area contributed by atoms with E-state index in [1.807, 2.05) is 0 Å². The highest BCUT2D eigenvalue weighted by Gasteiger charge is 2.28. The molecule has 2 fully saturated rings. The number of aliphatic hydroxyl groups is 1. The molecule has 2 heteroatoms. The van der Waals surface area contributed by atoms with Crippen molar-refractivity contribution < 1.29 is 5.11 Å². The second-order valence-electron chi connectivity index (χ2n) is 5.49. The summed E-state index contributed by atoms with van der Waals surface area (Å²) < 4.78 is 0. The van der Waals surface area contributed by atoms with Crippen molar-refractivity contribution in [3.05, 3.63) is 0 Å². The molecular formula is C13H25NO. The zero-order valence-electron chi connectivity index (χ0n) is 9.91. The van der Waals surface area contributed by atoms with Crippen molar-refractivity contribution in [3.63, 3.8) is 0 Å². The molecule has 0 aromatic carbocycles. The first-order chi connectivity index (χ1) is 7.27. The summed E-state index contributed by atoms with van der Waals surface area (Å²) in [6, 6.07) is 1.04. The van der Waals surface area contributed by atoms with Gasteiger partial charge in [-0.1, -0.05) is 32.6 Å². The fraction of sp³-hybridized carbons (Fsp3) is 1.00. The Hall–Kier alpha value is -0.0800. The van der Waals surface area contributed by atoms with E-state index in [-0.39, 0.29) is 6.10 Å². The molecule has 0 saturated heterocycles. The molecule has 0 spiro atoms. The smallest absolute Gasteiger partial charge is 0.0693 e. The van der Waals surface area contributed by atoms with Crippen LogP contribution in [-0.4, -0.2) is 23.3 Å². The highest BCUT2D eigenvalue weighted by atomic mass is 16.3. The van der Waals surface area contributed by atoms with E-state index < -0.39 is 0 Å². The zero-order valence-corrected chi connectivity index (χ0v) is 9.91. The molecule has 15 heavy (non-hydrogen) atoms. The Kier molecular flexibility index (Phi) is 4.04. The van der Waals surface area contributed by atoms with E-state index in [9.17, 15) is 5.11 Å². The minimum absolute atomic E-state index is 0.0899. The second-order valence-corrected chi connectivity index (χ2v) is 5.49. The molecule has 2 aliphatic rings. The quantitative estimate of drug-likeness (QED) is 0.735. The van der Waals surface area contributed by atoms with Gasteiger partial charge in [-0.3, -0.25) is 0 Å². The number of rotatable bonds is 2. The van der Waals surface area contributed by atoms with Gasteiger partial charge in [0.15, 0.2) is 0 Å². The summed E-state index contributed by atoms with van der Waals surface area (Å²) in [6.07, 6.45) is 10.0. The summed E-state index contributed by atoms with van der Waals surface area (Å²) in [5.74, 6) is 0.799. The van der Waals surface area contributed by atoms with Gasteiger partial charge < -0.3 is 10.4 Å². The summed E-state index contributed by atoms with van der Waals surface area (Å²) in [6.45, 7) is 2.35. The molecule has 2 aliphatic carbocycles. The van der Waals surface area contributed by atoms with Crippen molar-refractivity contribution in [2.24, 2.45) is 5.92 Å². The first-order valence-electron chi connectivity index (χ1n) is 6.71. The molecule has 2 N–H and O–H groups in total. The fourth-order valence-electron chi connectivity index (χ4n) is 3.14. The van der Waals surface area contributed by atoms with E-state index >= 15 is 0 Å². The van der Waals surface area contributed by atoms with Crippen molar-refractivity contribution in [1.82, 2.24) is 5.32 Å². The van der Waals surface area contributed by atoms with Crippen LogP contribution in [0.15, 0.2) is 0 Å². The van der Waals surface area contributed by atoms with Crippen molar-refractivity contribution in [2.45, 2.75) is 76.5 Å². The molecule has 88 valence electrons. The standard InChI is InChI=1S/C13H25NO/c1-10-6-2-3-7-11(10)14-12-8-4-5-9-13(12)15/h10-15H,2-9H2,1H3/t10-,11+,12-,13+/m1/s1. The molecule has 0 heterocycles. The van der Waals surface area contributed by atoms with Crippen LogP contribution in [-0.2, 0) is 0 Å². The van der Waals surface area contributed by atoms with Crippen LogP contribution in [0.4, 0.5) is 0 Å². The fourth-order valence-corrected chi connectivity index (χ4v) is 3.14. The molecule has 0 amide bonds. The second kappa shape index (κ2) is 5.31. The van der Waals surface area contributed by atoms with Gasteiger partial charge in [0.2, 0.25) is 0 Å². The number of nitrogens with one attached hydrogen (secondary N) is 1. The van der Waals surface area contributed by atoms with Gasteiger partial charge in [-0.05, 0) is 31.6 Å². The van der Waals surface area contributed by atoms with Crippen LogP contribution in [0.25, 0.3) is 0 Å². The summed E-state index contributed by atoms with van der Waals surface area (Å²) >= 11 is 0. The third-order valence-corrected chi connectivity index (χ3v) is 4.27. The Morgan fingerprint density at radius 1 is 0.867 bits per heavy atom. The molecule has 2 nitrogen and oxygen atoms in total. The lowest BCUT2D eigenvalue weighted by Gasteiger charge is -2.37. The van der Waals surface area contributed by atoms with Crippen LogP contribution in [0.2, 0.25) is 0 Å². The van der Waals surface area contributed by atoms with Crippen molar-refractivity contribution >= 4 is 0 Å². The van der Waals surface area contributed by atoms with Gasteiger partial charge in [0, 0.05) is 12.1 Å². The summed E-state index contributed by atoms with van der Waals surface area (Å²) in [5.41, 5.74) is 0. The van der Waals surface area contributed by atoms with Gasteiger partial charge >= 0.3 is 0 Å². The first-order valence-corrected chi connectivity index (χ1v) is 6.71. The molecule has 0 aliphatic heterocycles. The molecule has 2 saturated carbocycles. The predicted octanol–water partition coefficient (Wildman–Crippen LogP) is 2.46. The van der Waals surface area contributed by atoms with E-state index in [2.05, 4.69) is 12.2 Å². The molecule has 0 aromatic heterocycles. The molecule has 2 rings (SSSR count). The Balaban J connectivity index is 1.83. The Labute approximate surface area is 93.5 Å². The zero-order chi connectivity index (χ0) is 10.7. The summed E-state index contributed by atoms with van der Waals surface area (Å²) in [7, 11) is 0. The van der Waals surface area contributed by atoms with Crippen LogP contribution in [0, 0.1) is 5.92 Å². The third-order valence-electron chi connectivity index (χ3n) is 4.27. The maximum Gasteiger partial charge on any atom is 0.0693 e. The largest absolute Gasteiger partial charge is 0.392 e. The maximum absolute atomic E-state index is 9.92. The van der Waals surface area contributed by atoms with Crippen LogP contribution in [0.3, 0.4) is 0 Å². The molecule has 4 atom stereocenters. The average molecular weight is 211 g/mol. The Morgan fingerprint density at radius 2 is 1.47 bits per heavy atom. The normalized spacial score (nSPS) is 42.8. The SMILES string of the molecule is C[C@@H]1CCCC[C@@H]1N[C@@H]1CCCC[C@@H]1O. The Morgan fingerprint density at radius 3 is 2.13 bits per heavy atom. The van der Waals surface area contributed by atoms with E-state index in [1.54, 1.807) is 0 Å². The Bertz CT molecular complexity index is 175. The van der Waals surface area contributed by atoms with Gasteiger partial charge in [-0.25, -0.2) is 0 Å². The average Bonchev–Trinajstić information content (AvgIpc) is 2.24. The van der Waals surface area contributed by atoms with Gasteiger partial charge in [0.05, 0.1) is 6.10 Å². The van der Waals surface area contributed by atoms with Gasteiger partial charge in [0.25, 0.3) is 0 Å². The minimum Gasteiger partial charge on any atom is -0.392 e.